The predicted molar refractivity (Wildman–Crippen MR) is 228 cm³/mol. The molecule has 0 aliphatic carbocycles. The lowest BCUT2D eigenvalue weighted by Gasteiger charge is -2.28. The van der Waals surface area contributed by atoms with Crippen LogP contribution in [0.4, 0.5) is 17.1 Å². The van der Waals surface area contributed by atoms with E-state index in [1.165, 1.54) is 44.2 Å². The number of anilines is 3. The smallest absolute Gasteiger partial charge is 0.136 e. The number of hydrogen-bond acceptors (Lipinski definition) is 2. The van der Waals surface area contributed by atoms with E-state index in [4.69, 9.17) is 4.42 Å². The van der Waals surface area contributed by atoms with Crippen molar-refractivity contribution >= 4 is 49.8 Å². The molecule has 9 aromatic carbocycles. The van der Waals surface area contributed by atoms with Gasteiger partial charge in [-0.25, -0.2) is 0 Å². The van der Waals surface area contributed by atoms with E-state index in [0.717, 1.165) is 50.1 Å². The summed E-state index contributed by atoms with van der Waals surface area (Å²) >= 11 is 0. The maximum Gasteiger partial charge on any atom is 0.136 e. The van der Waals surface area contributed by atoms with Gasteiger partial charge in [-0.3, -0.25) is 0 Å². The van der Waals surface area contributed by atoms with Crippen LogP contribution in [0.25, 0.3) is 77.2 Å². The Bertz CT molecular complexity index is 2910. The van der Waals surface area contributed by atoms with Gasteiger partial charge in [-0.2, -0.15) is 0 Å². The van der Waals surface area contributed by atoms with E-state index in [-0.39, 0.29) is 0 Å². The molecule has 1 aromatic heterocycles. The summed E-state index contributed by atoms with van der Waals surface area (Å²) in [6.07, 6.45) is 0. The van der Waals surface area contributed by atoms with Gasteiger partial charge < -0.3 is 9.32 Å². The number of rotatable bonds is 7. The van der Waals surface area contributed by atoms with Crippen LogP contribution in [0.1, 0.15) is 0 Å². The lowest BCUT2D eigenvalue weighted by atomic mass is 9.96. The van der Waals surface area contributed by atoms with Crippen LogP contribution in [0.3, 0.4) is 0 Å². The van der Waals surface area contributed by atoms with Crippen LogP contribution in [-0.4, -0.2) is 0 Å². The molecule has 0 spiro atoms. The molecule has 2 heteroatoms. The molecular weight excluding hydrogens is 655 g/mol. The molecule has 10 aromatic rings. The molecule has 0 amide bonds. The molecular formula is C52H35NO. The highest BCUT2D eigenvalue weighted by Gasteiger charge is 2.18. The third-order valence-corrected chi connectivity index (χ3v) is 10.5. The second kappa shape index (κ2) is 13.4. The Balaban J connectivity index is 1.07. The van der Waals surface area contributed by atoms with Gasteiger partial charge in [-0.05, 0) is 104 Å². The second-order valence-corrected chi connectivity index (χ2v) is 13.7. The van der Waals surface area contributed by atoms with Gasteiger partial charge in [-0.15, -0.1) is 0 Å². The Labute approximate surface area is 314 Å². The second-order valence-electron chi connectivity index (χ2n) is 13.7. The summed E-state index contributed by atoms with van der Waals surface area (Å²) in [4.78, 5) is 2.38. The zero-order chi connectivity index (χ0) is 35.8. The van der Waals surface area contributed by atoms with Crippen molar-refractivity contribution in [3.05, 3.63) is 212 Å². The van der Waals surface area contributed by atoms with Crippen molar-refractivity contribution in [2.75, 3.05) is 4.90 Å². The van der Waals surface area contributed by atoms with Crippen LogP contribution in [0.2, 0.25) is 0 Å². The van der Waals surface area contributed by atoms with Gasteiger partial charge >= 0.3 is 0 Å². The minimum Gasteiger partial charge on any atom is -0.456 e. The highest BCUT2D eigenvalue weighted by Crippen LogP contribution is 2.43. The van der Waals surface area contributed by atoms with E-state index in [1.54, 1.807) is 0 Å². The third kappa shape index (κ3) is 5.71. The van der Waals surface area contributed by atoms with Crippen LogP contribution >= 0.6 is 0 Å². The van der Waals surface area contributed by atoms with Crippen LogP contribution in [-0.2, 0) is 0 Å². The molecule has 0 unspecified atom stereocenters. The van der Waals surface area contributed by atoms with E-state index in [2.05, 4.69) is 205 Å². The Hall–Kier alpha value is -7.16. The minimum absolute atomic E-state index is 0.902. The van der Waals surface area contributed by atoms with Gasteiger partial charge in [0.05, 0.1) is 5.69 Å². The molecule has 0 bridgehead atoms. The van der Waals surface area contributed by atoms with Crippen molar-refractivity contribution in [3.8, 4) is 44.5 Å². The molecule has 54 heavy (non-hydrogen) atoms. The molecule has 0 N–H and O–H groups in total. The SMILES string of the molecule is c1ccc(-c2cccc(-c3ccc(N(c4ccc(-c5ccc6c(c5)oc5ccccc56)cc4)c4ccc(-c5ccccc5)c5ccccc45)cc3)c2)cc1. The first-order valence-electron chi connectivity index (χ1n) is 18.4. The Morgan fingerprint density at radius 3 is 1.43 bits per heavy atom. The zero-order valence-electron chi connectivity index (χ0n) is 29.6. The number of para-hydroxylation sites is 1. The molecule has 0 atom stereocenters. The van der Waals surface area contributed by atoms with Gasteiger partial charge in [0, 0.05) is 27.5 Å². The summed E-state index contributed by atoms with van der Waals surface area (Å²) in [5.74, 6) is 0. The molecule has 0 radical (unpaired) electrons. The van der Waals surface area contributed by atoms with Crippen molar-refractivity contribution in [1.29, 1.82) is 0 Å². The molecule has 2 nitrogen and oxygen atoms in total. The minimum atomic E-state index is 0.902. The highest BCUT2D eigenvalue weighted by molar-refractivity contribution is 6.07. The first-order chi connectivity index (χ1) is 26.8. The van der Waals surface area contributed by atoms with Crippen LogP contribution < -0.4 is 4.90 Å². The lowest BCUT2D eigenvalue weighted by molar-refractivity contribution is 0.669. The molecule has 1 heterocycles. The fourth-order valence-electron chi connectivity index (χ4n) is 7.80. The van der Waals surface area contributed by atoms with E-state index in [1.807, 2.05) is 12.1 Å². The summed E-state index contributed by atoms with van der Waals surface area (Å²) < 4.78 is 6.24. The van der Waals surface area contributed by atoms with Gasteiger partial charge in [0.25, 0.3) is 0 Å². The fourth-order valence-corrected chi connectivity index (χ4v) is 7.80. The average molecular weight is 690 g/mol. The van der Waals surface area contributed by atoms with Gasteiger partial charge in [0.2, 0.25) is 0 Å². The number of furan rings is 1. The van der Waals surface area contributed by atoms with E-state index in [9.17, 15) is 0 Å². The van der Waals surface area contributed by atoms with E-state index in [0.29, 0.717) is 0 Å². The Kier molecular flexibility index (Phi) is 7.85. The summed E-state index contributed by atoms with van der Waals surface area (Å²) in [5, 5.41) is 4.69. The summed E-state index contributed by atoms with van der Waals surface area (Å²) in [6, 6.07) is 75.9. The zero-order valence-corrected chi connectivity index (χ0v) is 29.6. The number of benzene rings is 9. The maximum absolute atomic E-state index is 6.24. The van der Waals surface area contributed by atoms with Crippen molar-refractivity contribution < 1.29 is 4.42 Å². The normalized spacial score (nSPS) is 11.3. The molecule has 0 fully saturated rings. The summed E-state index contributed by atoms with van der Waals surface area (Å²) in [7, 11) is 0. The molecule has 0 saturated heterocycles. The van der Waals surface area contributed by atoms with Gasteiger partial charge in [0.1, 0.15) is 11.2 Å². The first kappa shape index (κ1) is 31.6. The summed E-state index contributed by atoms with van der Waals surface area (Å²) in [6.45, 7) is 0. The quantitative estimate of drug-likeness (QED) is 0.166. The molecule has 254 valence electrons. The number of hydrogen-bond donors (Lipinski definition) is 0. The van der Waals surface area contributed by atoms with Crippen LogP contribution in [0.15, 0.2) is 217 Å². The average Bonchev–Trinajstić information content (AvgIpc) is 3.63. The largest absolute Gasteiger partial charge is 0.456 e. The van der Waals surface area contributed by atoms with E-state index < -0.39 is 0 Å². The summed E-state index contributed by atoms with van der Waals surface area (Å²) in [5.41, 5.74) is 14.6. The standard InChI is InChI=1S/C52H35NO/c1-3-12-36(13-4-1)40-16-11-17-41(34-40)37-22-27-43(28-23-37)53(50-33-32-45(39-14-5-2-6-15-39)46-18-7-8-19-47(46)50)44-29-24-38(25-30-44)42-26-31-49-48-20-9-10-21-51(48)54-52(49)35-42/h1-35H. The third-order valence-electron chi connectivity index (χ3n) is 10.5. The predicted octanol–water partition coefficient (Wildman–Crippen LogP) is 14.9. The highest BCUT2D eigenvalue weighted by atomic mass is 16.3. The molecule has 10 rings (SSSR count). The van der Waals surface area contributed by atoms with E-state index >= 15 is 0 Å². The van der Waals surface area contributed by atoms with Crippen molar-refractivity contribution in [2.45, 2.75) is 0 Å². The number of fused-ring (bicyclic) bond motifs is 4. The van der Waals surface area contributed by atoms with Crippen LogP contribution in [0.5, 0.6) is 0 Å². The topological polar surface area (TPSA) is 16.4 Å². The van der Waals surface area contributed by atoms with Gasteiger partial charge in [-0.1, -0.05) is 158 Å². The number of nitrogens with zero attached hydrogens (tertiary/aromatic N) is 1. The maximum atomic E-state index is 6.24. The van der Waals surface area contributed by atoms with Crippen molar-refractivity contribution in [3.63, 3.8) is 0 Å². The Morgan fingerprint density at radius 1 is 0.278 bits per heavy atom. The Morgan fingerprint density at radius 2 is 0.759 bits per heavy atom. The van der Waals surface area contributed by atoms with Crippen molar-refractivity contribution in [1.82, 2.24) is 0 Å². The molecule has 0 aliphatic rings. The first-order valence-corrected chi connectivity index (χ1v) is 18.4. The monoisotopic (exact) mass is 689 g/mol. The van der Waals surface area contributed by atoms with Crippen molar-refractivity contribution in [2.24, 2.45) is 0 Å². The lowest BCUT2D eigenvalue weighted by Crippen LogP contribution is -2.10. The molecule has 0 aliphatic heterocycles. The fraction of sp³-hybridized carbons (Fsp3) is 0. The molecule has 0 saturated carbocycles. The van der Waals surface area contributed by atoms with Gasteiger partial charge in [0.15, 0.2) is 0 Å². The van der Waals surface area contributed by atoms with Crippen LogP contribution in [0, 0.1) is 0 Å².